The molecule has 0 saturated carbocycles. The topological polar surface area (TPSA) is 76.1 Å². The van der Waals surface area contributed by atoms with Gasteiger partial charge < -0.3 is 19.6 Å². The van der Waals surface area contributed by atoms with Crippen molar-refractivity contribution in [3.63, 3.8) is 0 Å². The van der Waals surface area contributed by atoms with Crippen molar-refractivity contribution in [2.45, 2.75) is 31.7 Å². The maximum Gasteiger partial charge on any atom is 0.416 e. The Bertz CT molecular complexity index is 2070. The van der Waals surface area contributed by atoms with E-state index in [1.165, 1.54) is 29.8 Å². The molecule has 2 aliphatic rings. The lowest BCUT2D eigenvalue weighted by Gasteiger charge is -2.39. The van der Waals surface area contributed by atoms with Crippen LogP contribution in [0.1, 0.15) is 27.8 Å². The van der Waals surface area contributed by atoms with E-state index >= 15 is 0 Å². The molecule has 0 bridgehead atoms. The van der Waals surface area contributed by atoms with Crippen molar-refractivity contribution in [2.75, 3.05) is 62.2 Å². The summed E-state index contributed by atoms with van der Waals surface area (Å²) in [7, 11) is 0. The van der Waals surface area contributed by atoms with E-state index in [4.69, 9.17) is 0 Å². The Morgan fingerprint density at radius 3 is 1.88 bits per heavy atom. The number of benzene rings is 4. The lowest BCUT2D eigenvalue weighted by Crippen LogP contribution is -2.56. The smallest absolute Gasteiger partial charge is 0.368 e. The van der Waals surface area contributed by atoms with Gasteiger partial charge in [-0.2, -0.15) is 13.2 Å². The van der Waals surface area contributed by atoms with E-state index in [0.29, 0.717) is 38.2 Å². The number of rotatable bonds is 12. The maximum atomic E-state index is 14.7. The number of halogens is 3. The highest BCUT2D eigenvalue weighted by molar-refractivity contribution is 5.95. The minimum atomic E-state index is -4.46. The molecular weight excluding hydrogens is 728 g/mol. The van der Waals surface area contributed by atoms with Gasteiger partial charge in [-0.1, -0.05) is 84.9 Å². The SMILES string of the molecule is O=C(C(Cc1ccccc1)N(Cc1ccc(N2CCN(c3ncccn3)CC2)cc1)C(=O)C=Cc1ccc(C(F)(F)F)cc1)N1CCN(Cc2ccccc2)CC1. The number of anilines is 2. The van der Waals surface area contributed by atoms with Crippen LogP contribution >= 0.6 is 0 Å². The Labute approximate surface area is 331 Å². The summed E-state index contributed by atoms with van der Waals surface area (Å²) < 4.78 is 39.7. The standard InChI is InChI=1S/C45H46F3N7O2/c46-45(47,48)39-17-12-35(13-18-39)16-21-42(56)55(34-38-14-19-40(20-15-38)52-28-30-54(31-29-52)44-49-22-7-23-50-44)41(32-36-8-3-1-4-9-36)43(57)53-26-24-51(25-27-53)33-37-10-5-2-6-11-37/h1-23,41H,24-34H2. The van der Waals surface area contributed by atoms with Crippen LogP contribution in [0.3, 0.4) is 0 Å². The third-order valence-electron chi connectivity index (χ3n) is 10.6. The van der Waals surface area contributed by atoms with E-state index < -0.39 is 23.7 Å². The summed E-state index contributed by atoms with van der Waals surface area (Å²) in [5.41, 5.74) is 3.72. The van der Waals surface area contributed by atoms with Gasteiger partial charge in [0, 0.05) is 96.0 Å². The van der Waals surface area contributed by atoms with Gasteiger partial charge in [-0.05, 0) is 58.7 Å². The molecule has 3 heterocycles. The molecular formula is C45H46F3N7O2. The summed E-state index contributed by atoms with van der Waals surface area (Å²) >= 11 is 0. The Hall–Kier alpha value is -6.01. The van der Waals surface area contributed by atoms with Gasteiger partial charge >= 0.3 is 6.18 Å². The molecule has 2 amide bonds. The van der Waals surface area contributed by atoms with Crippen molar-refractivity contribution in [1.82, 2.24) is 24.7 Å². The first kappa shape index (κ1) is 39.2. The highest BCUT2D eigenvalue weighted by Crippen LogP contribution is 2.29. The van der Waals surface area contributed by atoms with Crippen molar-refractivity contribution in [3.8, 4) is 0 Å². The van der Waals surface area contributed by atoms with Crippen molar-refractivity contribution < 1.29 is 22.8 Å². The second kappa shape index (κ2) is 18.3. The monoisotopic (exact) mass is 773 g/mol. The number of amides is 2. The lowest BCUT2D eigenvalue weighted by molar-refractivity contribution is -0.145. The zero-order valence-corrected chi connectivity index (χ0v) is 31.7. The van der Waals surface area contributed by atoms with Gasteiger partial charge in [-0.25, -0.2) is 9.97 Å². The minimum Gasteiger partial charge on any atom is -0.368 e. The number of hydrogen-bond acceptors (Lipinski definition) is 7. The van der Waals surface area contributed by atoms with Crippen molar-refractivity contribution in [1.29, 1.82) is 0 Å². The van der Waals surface area contributed by atoms with Gasteiger partial charge in [0.15, 0.2) is 0 Å². The van der Waals surface area contributed by atoms with Crippen molar-refractivity contribution in [3.05, 3.63) is 162 Å². The van der Waals surface area contributed by atoms with Crippen LogP contribution in [0.5, 0.6) is 0 Å². The molecule has 2 aliphatic heterocycles. The fourth-order valence-electron chi connectivity index (χ4n) is 7.36. The molecule has 9 nitrogen and oxygen atoms in total. The number of hydrogen-bond donors (Lipinski definition) is 0. The molecule has 0 N–H and O–H groups in total. The first-order valence-corrected chi connectivity index (χ1v) is 19.3. The average Bonchev–Trinajstić information content (AvgIpc) is 3.25. The highest BCUT2D eigenvalue weighted by atomic mass is 19.4. The van der Waals surface area contributed by atoms with Gasteiger partial charge in [0.25, 0.3) is 0 Å². The van der Waals surface area contributed by atoms with Gasteiger partial charge in [0.05, 0.1) is 5.56 Å². The van der Waals surface area contributed by atoms with Crippen molar-refractivity contribution in [2.24, 2.45) is 0 Å². The van der Waals surface area contributed by atoms with Gasteiger partial charge in [0.1, 0.15) is 6.04 Å². The van der Waals surface area contributed by atoms with Crippen LogP contribution in [0.4, 0.5) is 24.8 Å². The third-order valence-corrected chi connectivity index (χ3v) is 10.6. The van der Waals surface area contributed by atoms with Crippen LogP contribution in [0, 0.1) is 0 Å². The normalized spacial score (nSPS) is 15.8. The molecule has 7 rings (SSSR count). The summed E-state index contributed by atoms with van der Waals surface area (Å²) in [6.07, 6.45) is 2.19. The van der Waals surface area contributed by atoms with Crippen LogP contribution in [0.2, 0.25) is 0 Å². The fraction of sp³-hybridized carbons (Fsp3) is 0.289. The number of piperazine rings is 2. The largest absolute Gasteiger partial charge is 0.416 e. The molecule has 1 aromatic heterocycles. The van der Waals surface area contributed by atoms with Crippen LogP contribution in [-0.4, -0.2) is 94.9 Å². The number of aromatic nitrogens is 2. The second-order valence-electron chi connectivity index (χ2n) is 14.4. The second-order valence-corrected chi connectivity index (χ2v) is 14.4. The predicted molar refractivity (Wildman–Crippen MR) is 216 cm³/mol. The molecule has 0 radical (unpaired) electrons. The molecule has 2 fully saturated rings. The molecule has 57 heavy (non-hydrogen) atoms. The zero-order chi connectivity index (χ0) is 39.6. The lowest BCUT2D eigenvalue weighted by atomic mass is 10.0. The van der Waals surface area contributed by atoms with E-state index in [-0.39, 0.29) is 12.5 Å². The quantitative estimate of drug-likeness (QED) is 0.129. The first-order chi connectivity index (χ1) is 27.7. The van der Waals surface area contributed by atoms with Gasteiger partial charge in [-0.15, -0.1) is 0 Å². The fourth-order valence-corrected chi connectivity index (χ4v) is 7.36. The molecule has 0 spiro atoms. The number of alkyl halides is 3. The maximum absolute atomic E-state index is 14.7. The predicted octanol–water partition coefficient (Wildman–Crippen LogP) is 6.82. The average molecular weight is 774 g/mol. The first-order valence-electron chi connectivity index (χ1n) is 19.3. The van der Waals surface area contributed by atoms with Gasteiger partial charge in [-0.3, -0.25) is 14.5 Å². The zero-order valence-electron chi connectivity index (χ0n) is 31.7. The molecule has 5 aromatic rings. The summed E-state index contributed by atoms with van der Waals surface area (Å²) in [5.74, 6) is 0.180. The van der Waals surface area contributed by atoms with Crippen LogP contribution in [-0.2, 0) is 35.3 Å². The number of carbonyl (C=O) groups is 2. The molecule has 2 saturated heterocycles. The summed E-state index contributed by atoms with van der Waals surface area (Å²) in [6, 6.07) is 33.6. The van der Waals surface area contributed by atoms with E-state index in [2.05, 4.69) is 36.8 Å². The Morgan fingerprint density at radius 2 is 1.26 bits per heavy atom. The third kappa shape index (κ3) is 10.4. The summed E-state index contributed by atoms with van der Waals surface area (Å²) in [6.45, 7) is 6.56. The number of carbonyl (C=O) groups excluding carboxylic acids is 2. The van der Waals surface area contributed by atoms with Crippen LogP contribution < -0.4 is 9.80 Å². The molecule has 12 heteroatoms. The van der Waals surface area contributed by atoms with Crippen molar-refractivity contribution >= 4 is 29.5 Å². The van der Waals surface area contributed by atoms with Gasteiger partial charge in [0.2, 0.25) is 17.8 Å². The molecule has 294 valence electrons. The Balaban J connectivity index is 1.12. The number of nitrogens with zero attached hydrogens (tertiary/aromatic N) is 7. The van der Waals surface area contributed by atoms with E-state index in [9.17, 15) is 22.8 Å². The minimum absolute atomic E-state index is 0.133. The van der Waals surface area contributed by atoms with E-state index in [1.54, 1.807) is 23.4 Å². The van der Waals surface area contributed by atoms with E-state index in [0.717, 1.165) is 67.6 Å². The molecule has 4 aromatic carbocycles. The summed E-state index contributed by atoms with van der Waals surface area (Å²) in [5, 5.41) is 0. The van der Waals surface area contributed by atoms with Crippen LogP contribution in [0.15, 0.2) is 134 Å². The van der Waals surface area contributed by atoms with E-state index in [1.807, 2.05) is 77.7 Å². The molecule has 0 aliphatic carbocycles. The Morgan fingerprint density at radius 1 is 0.667 bits per heavy atom. The molecule has 1 unspecified atom stereocenters. The highest BCUT2D eigenvalue weighted by Gasteiger charge is 2.34. The summed E-state index contributed by atoms with van der Waals surface area (Å²) in [4.78, 5) is 48.0. The molecule has 1 atom stereocenters. The Kier molecular flexibility index (Phi) is 12.6. The van der Waals surface area contributed by atoms with Crippen LogP contribution in [0.25, 0.3) is 6.08 Å².